The van der Waals surface area contributed by atoms with Crippen molar-refractivity contribution < 1.29 is 19.1 Å². The van der Waals surface area contributed by atoms with Gasteiger partial charge in [0.2, 0.25) is 5.75 Å². The Balaban J connectivity index is 2.43. The van der Waals surface area contributed by atoms with E-state index in [1.54, 1.807) is 24.3 Å². The topological polar surface area (TPSA) is 70.8 Å². The van der Waals surface area contributed by atoms with Crippen LogP contribution in [0.2, 0.25) is 0 Å². The Labute approximate surface area is 115 Å². The predicted molar refractivity (Wildman–Crippen MR) is 72.7 cm³/mol. The summed E-state index contributed by atoms with van der Waals surface area (Å²) in [4.78, 5) is 10.5. The summed E-state index contributed by atoms with van der Waals surface area (Å²) in [6.07, 6.45) is 0. The number of ether oxygens (including phenoxy) is 3. The molecule has 6 nitrogen and oxygen atoms in total. The third-order valence-corrected chi connectivity index (χ3v) is 2.65. The fourth-order valence-electron chi connectivity index (χ4n) is 1.68. The SMILES string of the molecule is COc1ccc([N+](=O)[O-])c(Oc2ccccc2OC)c1. The van der Waals surface area contributed by atoms with Crippen molar-refractivity contribution in [3.05, 3.63) is 52.6 Å². The summed E-state index contributed by atoms with van der Waals surface area (Å²) in [6, 6.07) is 11.2. The summed E-state index contributed by atoms with van der Waals surface area (Å²) in [6.45, 7) is 0. The monoisotopic (exact) mass is 275 g/mol. The van der Waals surface area contributed by atoms with Gasteiger partial charge < -0.3 is 14.2 Å². The molecule has 2 aromatic rings. The molecule has 0 amide bonds. The molecule has 104 valence electrons. The average Bonchev–Trinajstić information content (AvgIpc) is 2.47. The number of nitro groups is 1. The molecule has 0 saturated carbocycles. The average molecular weight is 275 g/mol. The van der Waals surface area contributed by atoms with Crippen molar-refractivity contribution in [1.29, 1.82) is 0 Å². The highest BCUT2D eigenvalue weighted by molar-refractivity contribution is 5.54. The molecule has 0 radical (unpaired) electrons. The summed E-state index contributed by atoms with van der Waals surface area (Å²) in [5.41, 5.74) is -0.142. The van der Waals surface area contributed by atoms with E-state index in [2.05, 4.69) is 0 Å². The first kappa shape index (κ1) is 13.7. The maximum Gasteiger partial charge on any atom is 0.311 e. The molecule has 2 rings (SSSR count). The molecule has 6 heteroatoms. The van der Waals surface area contributed by atoms with Crippen LogP contribution in [0.15, 0.2) is 42.5 Å². The van der Waals surface area contributed by atoms with E-state index in [-0.39, 0.29) is 11.4 Å². The Hall–Kier alpha value is -2.76. The molecule has 0 unspecified atom stereocenters. The first-order valence-corrected chi connectivity index (χ1v) is 5.79. The Morgan fingerprint density at radius 1 is 0.950 bits per heavy atom. The zero-order valence-corrected chi connectivity index (χ0v) is 11.0. The highest BCUT2D eigenvalue weighted by atomic mass is 16.6. The van der Waals surface area contributed by atoms with Gasteiger partial charge in [0.15, 0.2) is 11.5 Å². The van der Waals surface area contributed by atoms with E-state index in [9.17, 15) is 10.1 Å². The summed E-state index contributed by atoms with van der Waals surface area (Å²) in [5, 5.41) is 11.0. The van der Waals surface area contributed by atoms with Crippen LogP contribution in [0.5, 0.6) is 23.0 Å². The zero-order valence-electron chi connectivity index (χ0n) is 11.0. The molecule has 2 aromatic carbocycles. The molecule has 0 atom stereocenters. The lowest BCUT2D eigenvalue weighted by molar-refractivity contribution is -0.385. The smallest absolute Gasteiger partial charge is 0.311 e. The second kappa shape index (κ2) is 5.92. The zero-order chi connectivity index (χ0) is 14.5. The summed E-state index contributed by atoms with van der Waals surface area (Å²) < 4.78 is 15.8. The van der Waals surface area contributed by atoms with Crippen molar-refractivity contribution in [2.75, 3.05) is 14.2 Å². The van der Waals surface area contributed by atoms with E-state index in [1.165, 1.54) is 32.4 Å². The van der Waals surface area contributed by atoms with E-state index in [0.717, 1.165) is 0 Å². The number of benzene rings is 2. The van der Waals surface area contributed by atoms with Crippen LogP contribution in [0, 0.1) is 10.1 Å². The highest BCUT2D eigenvalue weighted by Gasteiger charge is 2.18. The fraction of sp³-hybridized carbons (Fsp3) is 0.143. The van der Waals surface area contributed by atoms with Gasteiger partial charge in [0.05, 0.1) is 19.1 Å². The molecule has 0 saturated heterocycles. The van der Waals surface area contributed by atoms with Gasteiger partial charge in [-0.3, -0.25) is 10.1 Å². The van der Waals surface area contributed by atoms with Gasteiger partial charge >= 0.3 is 5.69 Å². The van der Waals surface area contributed by atoms with Gasteiger partial charge in [-0.2, -0.15) is 0 Å². The second-order valence-corrected chi connectivity index (χ2v) is 3.84. The van der Waals surface area contributed by atoms with Gasteiger partial charge in [-0.15, -0.1) is 0 Å². The lowest BCUT2D eigenvalue weighted by Crippen LogP contribution is -1.96. The van der Waals surface area contributed by atoms with Crippen molar-refractivity contribution in [3.8, 4) is 23.0 Å². The maximum absolute atomic E-state index is 11.0. The highest BCUT2D eigenvalue weighted by Crippen LogP contribution is 2.37. The lowest BCUT2D eigenvalue weighted by Gasteiger charge is -2.11. The number of nitrogens with zero attached hydrogens (tertiary/aromatic N) is 1. The molecular weight excluding hydrogens is 262 g/mol. The van der Waals surface area contributed by atoms with E-state index in [4.69, 9.17) is 14.2 Å². The second-order valence-electron chi connectivity index (χ2n) is 3.84. The molecule has 0 aliphatic carbocycles. The summed E-state index contributed by atoms with van der Waals surface area (Å²) in [7, 11) is 2.98. The van der Waals surface area contributed by atoms with Crippen LogP contribution in [0.4, 0.5) is 5.69 Å². The van der Waals surface area contributed by atoms with Crippen LogP contribution in [0.1, 0.15) is 0 Å². The van der Waals surface area contributed by atoms with Gasteiger partial charge in [0.1, 0.15) is 5.75 Å². The van der Waals surface area contributed by atoms with Crippen LogP contribution in [0.3, 0.4) is 0 Å². The Bertz CT molecular complexity index is 627. The molecular formula is C14H13NO5. The molecule has 0 aliphatic heterocycles. The van der Waals surface area contributed by atoms with Crippen molar-refractivity contribution >= 4 is 5.69 Å². The van der Waals surface area contributed by atoms with Crippen LogP contribution in [-0.2, 0) is 0 Å². The third kappa shape index (κ3) is 2.80. The minimum atomic E-state index is -0.510. The number of hydrogen-bond donors (Lipinski definition) is 0. The number of hydrogen-bond acceptors (Lipinski definition) is 5. The maximum atomic E-state index is 11.0. The predicted octanol–water partition coefficient (Wildman–Crippen LogP) is 3.40. The molecule has 0 heterocycles. The van der Waals surface area contributed by atoms with Crippen LogP contribution in [-0.4, -0.2) is 19.1 Å². The van der Waals surface area contributed by atoms with Crippen LogP contribution in [0.25, 0.3) is 0 Å². The Morgan fingerprint density at radius 2 is 1.65 bits per heavy atom. The van der Waals surface area contributed by atoms with Crippen molar-refractivity contribution in [2.45, 2.75) is 0 Å². The van der Waals surface area contributed by atoms with Gasteiger partial charge in [-0.05, 0) is 18.2 Å². The third-order valence-electron chi connectivity index (χ3n) is 2.65. The number of nitro benzene ring substituents is 1. The molecule has 0 aliphatic rings. The number of methoxy groups -OCH3 is 2. The quantitative estimate of drug-likeness (QED) is 0.617. The van der Waals surface area contributed by atoms with Gasteiger partial charge in [0, 0.05) is 12.1 Å². The first-order chi connectivity index (χ1) is 9.65. The van der Waals surface area contributed by atoms with Crippen molar-refractivity contribution in [2.24, 2.45) is 0 Å². The molecule has 0 N–H and O–H groups in total. The molecule has 0 fully saturated rings. The van der Waals surface area contributed by atoms with Gasteiger partial charge in [0.25, 0.3) is 0 Å². The van der Waals surface area contributed by atoms with E-state index in [1.807, 2.05) is 0 Å². The largest absolute Gasteiger partial charge is 0.497 e. The summed E-state index contributed by atoms with van der Waals surface area (Å²) in [5.74, 6) is 1.45. The minimum absolute atomic E-state index is 0.0962. The lowest BCUT2D eigenvalue weighted by atomic mass is 10.2. The van der Waals surface area contributed by atoms with Crippen molar-refractivity contribution in [1.82, 2.24) is 0 Å². The van der Waals surface area contributed by atoms with E-state index in [0.29, 0.717) is 17.2 Å². The fourth-order valence-corrected chi connectivity index (χ4v) is 1.68. The molecule has 0 spiro atoms. The van der Waals surface area contributed by atoms with Gasteiger partial charge in [-0.25, -0.2) is 0 Å². The molecule has 0 aromatic heterocycles. The van der Waals surface area contributed by atoms with E-state index >= 15 is 0 Å². The standard InChI is InChI=1S/C14H13NO5/c1-18-10-7-8-11(15(16)17)14(9-10)20-13-6-4-3-5-12(13)19-2/h3-9H,1-2H3. The van der Waals surface area contributed by atoms with Crippen LogP contribution < -0.4 is 14.2 Å². The number of rotatable bonds is 5. The van der Waals surface area contributed by atoms with Gasteiger partial charge in [-0.1, -0.05) is 12.1 Å². The van der Waals surface area contributed by atoms with Crippen molar-refractivity contribution in [3.63, 3.8) is 0 Å². The number of para-hydroxylation sites is 2. The Morgan fingerprint density at radius 3 is 2.25 bits per heavy atom. The summed E-state index contributed by atoms with van der Waals surface area (Å²) >= 11 is 0. The van der Waals surface area contributed by atoms with E-state index < -0.39 is 4.92 Å². The minimum Gasteiger partial charge on any atom is -0.497 e. The van der Waals surface area contributed by atoms with Crippen LogP contribution >= 0.6 is 0 Å². The normalized spacial score (nSPS) is 9.90. The Kier molecular flexibility index (Phi) is 4.05. The molecule has 0 bridgehead atoms. The molecule has 20 heavy (non-hydrogen) atoms. The first-order valence-electron chi connectivity index (χ1n) is 5.79.